The minimum Gasteiger partial charge on any atom is -0.346 e. The average molecular weight is 311 g/mol. The van der Waals surface area contributed by atoms with Crippen LogP contribution in [0.1, 0.15) is 50.6 Å². The second-order valence-corrected chi connectivity index (χ2v) is 7.33. The van der Waals surface area contributed by atoms with Gasteiger partial charge in [-0.15, -0.1) is 11.3 Å². The van der Waals surface area contributed by atoms with Gasteiger partial charge in [-0.2, -0.15) is 0 Å². The molecule has 0 bridgehead atoms. The molecule has 120 valence electrons. The molecular formula is C16H30N4S. The van der Waals surface area contributed by atoms with E-state index >= 15 is 0 Å². The molecule has 5 heteroatoms. The first-order valence-electron chi connectivity index (χ1n) is 8.20. The molecule has 0 spiro atoms. The predicted octanol–water partition coefficient (Wildman–Crippen LogP) is 2.91. The summed E-state index contributed by atoms with van der Waals surface area (Å²) in [7, 11) is 2.01. The summed E-state index contributed by atoms with van der Waals surface area (Å²) in [5.41, 5.74) is 1.27. The average Bonchev–Trinajstić information content (AvgIpc) is 2.91. The van der Waals surface area contributed by atoms with Crippen molar-refractivity contribution in [3.05, 3.63) is 10.6 Å². The van der Waals surface area contributed by atoms with Crippen LogP contribution in [-0.4, -0.2) is 49.2 Å². The second kappa shape index (κ2) is 7.56. The fraction of sp³-hybridized carbons (Fsp3) is 0.812. The Labute approximate surface area is 133 Å². The molecule has 0 radical (unpaired) electrons. The SMILES string of the molecule is CCC(C)N1CCN(c2nc(C(C)C)c(CNC)s2)CC1. The minimum absolute atomic E-state index is 0.500. The van der Waals surface area contributed by atoms with Gasteiger partial charge >= 0.3 is 0 Å². The van der Waals surface area contributed by atoms with Gasteiger partial charge in [0.2, 0.25) is 0 Å². The Morgan fingerprint density at radius 2 is 1.86 bits per heavy atom. The molecule has 2 heterocycles. The Morgan fingerprint density at radius 3 is 2.38 bits per heavy atom. The van der Waals surface area contributed by atoms with Crippen LogP contribution in [0.15, 0.2) is 0 Å². The van der Waals surface area contributed by atoms with Gasteiger partial charge in [0.15, 0.2) is 5.13 Å². The van der Waals surface area contributed by atoms with Gasteiger partial charge in [-0.3, -0.25) is 4.90 Å². The molecule has 1 saturated heterocycles. The molecular weight excluding hydrogens is 280 g/mol. The fourth-order valence-electron chi connectivity index (χ4n) is 2.84. The highest BCUT2D eigenvalue weighted by atomic mass is 32.1. The van der Waals surface area contributed by atoms with Gasteiger partial charge in [-0.25, -0.2) is 4.98 Å². The lowest BCUT2D eigenvalue weighted by Crippen LogP contribution is -2.49. The van der Waals surface area contributed by atoms with Crippen LogP contribution in [0.4, 0.5) is 5.13 Å². The van der Waals surface area contributed by atoms with Crippen molar-refractivity contribution in [2.75, 3.05) is 38.1 Å². The number of nitrogens with one attached hydrogen (secondary N) is 1. The van der Waals surface area contributed by atoms with Gasteiger partial charge in [0.25, 0.3) is 0 Å². The Balaban J connectivity index is 2.04. The normalized spacial score (nSPS) is 18.5. The lowest BCUT2D eigenvalue weighted by molar-refractivity contribution is 0.193. The molecule has 1 atom stereocenters. The number of nitrogens with zero attached hydrogens (tertiary/aromatic N) is 3. The van der Waals surface area contributed by atoms with Crippen LogP contribution in [-0.2, 0) is 6.54 Å². The van der Waals surface area contributed by atoms with Gasteiger partial charge in [0.1, 0.15) is 0 Å². The number of thiazole rings is 1. The first-order valence-corrected chi connectivity index (χ1v) is 9.01. The summed E-state index contributed by atoms with van der Waals surface area (Å²) < 4.78 is 0. The molecule has 1 aliphatic heterocycles. The van der Waals surface area contributed by atoms with Crippen molar-refractivity contribution in [1.82, 2.24) is 15.2 Å². The van der Waals surface area contributed by atoms with Crippen molar-refractivity contribution in [3.63, 3.8) is 0 Å². The van der Waals surface area contributed by atoms with Crippen LogP contribution in [0.25, 0.3) is 0 Å². The van der Waals surface area contributed by atoms with Crippen molar-refractivity contribution in [2.45, 2.75) is 52.6 Å². The Kier molecular flexibility index (Phi) is 6.02. The third-order valence-corrected chi connectivity index (χ3v) is 5.53. The van der Waals surface area contributed by atoms with E-state index < -0.39 is 0 Å². The van der Waals surface area contributed by atoms with E-state index in [4.69, 9.17) is 4.98 Å². The zero-order valence-corrected chi connectivity index (χ0v) is 15.0. The number of piperazine rings is 1. The molecule has 21 heavy (non-hydrogen) atoms. The van der Waals surface area contributed by atoms with Crippen LogP contribution in [0.5, 0.6) is 0 Å². The molecule has 1 unspecified atom stereocenters. The smallest absolute Gasteiger partial charge is 0.185 e. The molecule has 1 aromatic rings. The maximum atomic E-state index is 4.93. The third-order valence-electron chi connectivity index (χ3n) is 4.40. The van der Waals surface area contributed by atoms with E-state index in [1.807, 2.05) is 18.4 Å². The Morgan fingerprint density at radius 1 is 1.19 bits per heavy atom. The summed E-state index contributed by atoms with van der Waals surface area (Å²) in [6.07, 6.45) is 1.24. The number of hydrogen-bond donors (Lipinski definition) is 1. The lowest BCUT2D eigenvalue weighted by atomic mass is 10.1. The zero-order chi connectivity index (χ0) is 15.4. The van der Waals surface area contributed by atoms with Crippen molar-refractivity contribution in [3.8, 4) is 0 Å². The van der Waals surface area contributed by atoms with E-state index in [2.05, 4.69) is 42.8 Å². The summed E-state index contributed by atoms with van der Waals surface area (Å²) >= 11 is 1.87. The zero-order valence-electron chi connectivity index (χ0n) is 14.1. The maximum absolute atomic E-state index is 4.93. The molecule has 1 fully saturated rings. The maximum Gasteiger partial charge on any atom is 0.185 e. The first kappa shape index (κ1) is 16.7. The van der Waals surface area contributed by atoms with Crippen LogP contribution in [0.2, 0.25) is 0 Å². The van der Waals surface area contributed by atoms with Gasteiger partial charge in [-0.05, 0) is 26.3 Å². The van der Waals surface area contributed by atoms with Gasteiger partial charge in [0, 0.05) is 43.6 Å². The van der Waals surface area contributed by atoms with E-state index in [1.165, 1.54) is 22.1 Å². The fourth-order valence-corrected chi connectivity index (χ4v) is 4.11. The highest BCUT2D eigenvalue weighted by Gasteiger charge is 2.23. The number of aromatic nitrogens is 1. The minimum atomic E-state index is 0.500. The molecule has 0 aromatic carbocycles. The van der Waals surface area contributed by atoms with Gasteiger partial charge < -0.3 is 10.2 Å². The van der Waals surface area contributed by atoms with Gasteiger partial charge in [0.05, 0.1) is 5.69 Å². The number of anilines is 1. The van der Waals surface area contributed by atoms with E-state index in [0.29, 0.717) is 12.0 Å². The van der Waals surface area contributed by atoms with Crippen molar-refractivity contribution in [1.29, 1.82) is 0 Å². The summed E-state index contributed by atoms with van der Waals surface area (Å²) in [6, 6.07) is 0.703. The number of hydrogen-bond acceptors (Lipinski definition) is 5. The van der Waals surface area contributed by atoms with Crippen LogP contribution >= 0.6 is 11.3 Å². The van der Waals surface area contributed by atoms with E-state index in [-0.39, 0.29) is 0 Å². The molecule has 4 nitrogen and oxygen atoms in total. The molecule has 1 aromatic heterocycles. The summed E-state index contributed by atoms with van der Waals surface area (Å²) in [5, 5.41) is 4.48. The van der Waals surface area contributed by atoms with Crippen molar-refractivity contribution >= 4 is 16.5 Å². The molecule has 0 amide bonds. The van der Waals surface area contributed by atoms with E-state index in [9.17, 15) is 0 Å². The quantitative estimate of drug-likeness (QED) is 0.875. The predicted molar refractivity (Wildman–Crippen MR) is 92.5 cm³/mol. The molecule has 2 rings (SSSR count). The van der Waals surface area contributed by atoms with E-state index in [0.717, 1.165) is 32.7 Å². The standard InChI is InChI=1S/C16H30N4S/c1-6-13(4)19-7-9-20(10-8-19)16-18-15(12(2)3)14(21-16)11-17-5/h12-13,17H,6-11H2,1-5H3. The lowest BCUT2D eigenvalue weighted by Gasteiger charge is -2.37. The molecule has 1 aliphatic rings. The summed E-state index contributed by atoms with van der Waals surface area (Å²) in [6.45, 7) is 14.5. The van der Waals surface area contributed by atoms with Crippen LogP contribution < -0.4 is 10.2 Å². The molecule has 0 saturated carbocycles. The molecule has 0 aliphatic carbocycles. The summed E-state index contributed by atoms with van der Waals surface area (Å²) in [5.74, 6) is 0.500. The van der Waals surface area contributed by atoms with E-state index in [1.54, 1.807) is 0 Å². The molecule has 1 N–H and O–H groups in total. The van der Waals surface area contributed by atoms with Gasteiger partial charge in [-0.1, -0.05) is 20.8 Å². The second-order valence-electron chi connectivity index (χ2n) is 6.27. The van der Waals surface area contributed by atoms with Crippen LogP contribution in [0.3, 0.4) is 0 Å². The summed E-state index contributed by atoms with van der Waals surface area (Å²) in [4.78, 5) is 11.4. The topological polar surface area (TPSA) is 31.4 Å². The largest absolute Gasteiger partial charge is 0.346 e. The number of rotatable bonds is 6. The highest BCUT2D eigenvalue weighted by Crippen LogP contribution is 2.31. The van der Waals surface area contributed by atoms with Crippen molar-refractivity contribution < 1.29 is 0 Å². The monoisotopic (exact) mass is 310 g/mol. The first-order chi connectivity index (χ1) is 10.1. The highest BCUT2D eigenvalue weighted by molar-refractivity contribution is 7.15. The van der Waals surface area contributed by atoms with Crippen LogP contribution in [0, 0.1) is 0 Å². The third kappa shape index (κ3) is 3.96. The van der Waals surface area contributed by atoms with Crippen molar-refractivity contribution in [2.24, 2.45) is 0 Å². The Hall–Kier alpha value is -0.650. The Bertz CT molecular complexity index is 435.